The van der Waals surface area contributed by atoms with Gasteiger partial charge < -0.3 is 9.84 Å². The second-order valence-electron chi connectivity index (χ2n) is 3.64. The van der Waals surface area contributed by atoms with Crippen molar-refractivity contribution < 1.29 is 19.4 Å². The highest BCUT2D eigenvalue weighted by molar-refractivity contribution is 6.32. The Morgan fingerprint density at radius 1 is 1.37 bits per heavy atom. The smallest absolute Gasteiger partial charge is 0.338 e. The summed E-state index contributed by atoms with van der Waals surface area (Å²) in [6.45, 7) is 0. The van der Waals surface area contributed by atoms with E-state index >= 15 is 0 Å². The van der Waals surface area contributed by atoms with Crippen LogP contribution in [0.2, 0.25) is 5.02 Å². The zero-order valence-electron chi connectivity index (χ0n) is 9.83. The molecule has 2 aromatic rings. The molecular weight excluding hydrogens is 272 g/mol. The summed E-state index contributed by atoms with van der Waals surface area (Å²) in [4.78, 5) is 22.2. The largest absolute Gasteiger partial charge is 0.478 e. The number of aromatic carboxylic acids is 1. The normalized spacial score (nSPS) is 10.2. The molecule has 0 atom stereocenters. The van der Waals surface area contributed by atoms with Crippen molar-refractivity contribution in [2.24, 2.45) is 0 Å². The van der Waals surface area contributed by atoms with E-state index in [0.29, 0.717) is 16.3 Å². The van der Waals surface area contributed by atoms with Gasteiger partial charge in [-0.05, 0) is 18.2 Å². The predicted molar refractivity (Wildman–Crippen MR) is 66.9 cm³/mol. The van der Waals surface area contributed by atoms with Gasteiger partial charge in [-0.1, -0.05) is 11.6 Å². The third-order valence-electron chi connectivity index (χ3n) is 2.44. The summed E-state index contributed by atoms with van der Waals surface area (Å²) in [7, 11) is 1.27. The van der Waals surface area contributed by atoms with Gasteiger partial charge in [0.15, 0.2) is 0 Å². The molecule has 0 spiro atoms. The highest BCUT2D eigenvalue weighted by atomic mass is 35.5. The Bertz CT molecular complexity index is 651. The zero-order valence-corrected chi connectivity index (χ0v) is 10.6. The van der Waals surface area contributed by atoms with Crippen LogP contribution in [0, 0.1) is 0 Å². The molecule has 98 valence electrons. The number of aromatic nitrogens is 2. The fourth-order valence-corrected chi connectivity index (χ4v) is 1.70. The standard InChI is InChI=1S/C12H9ClN2O4/c1-19-12(18)7-2-3-9(13)10(4-7)15-6-8(5-14-15)11(16)17/h2-6H,1H3,(H,16,17). The molecule has 1 aromatic carbocycles. The van der Waals surface area contributed by atoms with Gasteiger partial charge in [-0.2, -0.15) is 5.10 Å². The number of methoxy groups -OCH3 is 1. The van der Waals surface area contributed by atoms with E-state index in [1.807, 2.05) is 0 Å². The number of benzene rings is 1. The van der Waals surface area contributed by atoms with Crippen LogP contribution in [0.15, 0.2) is 30.6 Å². The van der Waals surface area contributed by atoms with Gasteiger partial charge >= 0.3 is 11.9 Å². The van der Waals surface area contributed by atoms with Crippen molar-refractivity contribution >= 4 is 23.5 Å². The quantitative estimate of drug-likeness (QED) is 0.870. The number of rotatable bonds is 3. The van der Waals surface area contributed by atoms with Crippen molar-refractivity contribution in [2.45, 2.75) is 0 Å². The molecule has 6 nitrogen and oxygen atoms in total. The fraction of sp³-hybridized carbons (Fsp3) is 0.0833. The van der Waals surface area contributed by atoms with Crippen molar-refractivity contribution in [1.29, 1.82) is 0 Å². The van der Waals surface area contributed by atoms with Crippen LogP contribution in [-0.2, 0) is 4.74 Å². The molecule has 0 bridgehead atoms. The van der Waals surface area contributed by atoms with E-state index < -0.39 is 11.9 Å². The third-order valence-corrected chi connectivity index (χ3v) is 2.76. The molecular formula is C12H9ClN2O4. The predicted octanol–water partition coefficient (Wildman–Crippen LogP) is 2.01. The Kier molecular flexibility index (Phi) is 3.52. The average molecular weight is 281 g/mol. The number of hydrogen-bond donors (Lipinski definition) is 1. The van der Waals surface area contributed by atoms with E-state index in [0.717, 1.165) is 0 Å². The van der Waals surface area contributed by atoms with Gasteiger partial charge in [-0.25, -0.2) is 14.3 Å². The summed E-state index contributed by atoms with van der Waals surface area (Å²) < 4.78 is 5.89. The summed E-state index contributed by atoms with van der Waals surface area (Å²) in [6.07, 6.45) is 2.51. The number of esters is 1. The van der Waals surface area contributed by atoms with Crippen LogP contribution in [0.3, 0.4) is 0 Å². The van der Waals surface area contributed by atoms with E-state index in [4.69, 9.17) is 16.7 Å². The van der Waals surface area contributed by atoms with Gasteiger partial charge in [0.1, 0.15) is 0 Å². The van der Waals surface area contributed by atoms with Crippen LogP contribution in [-0.4, -0.2) is 33.9 Å². The van der Waals surface area contributed by atoms with Gasteiger partial charge in [-0.3, -0.25) is 0 Å². The second-order valence-corrected chi connectivity index (χ2v) is 4.04. The minimum Gasteiger partial charge on any atom is -0.478 e. The van der Waals surface area contributed by atoms with Crippen LogP contribution in [0.5, 0.6) is 0 Å². The Morgan fingerprint density at radius 2 is 2.11 bits per heavy atom. The molecule has 1 heterocycles. The first-order chi connectivity index (χ1) is 9.02. The molecule has 19 heavy (non-hydrogen) atoms. The summed E-state index contributed by atoms with van der Waals surface area (Å²) in [5.41, 5.74) is 0.728. The van der Waals surface area contributed by atoms with Crippen molar-refractivity contribution in [2.75, 3.05) is 7.11 Å². The Morgan fingerprint density at radius 3 is 2.68 bits per heavy atom. The maximum Gasteiger partial charge on any atom is 0.338 e. The van der Waals surface area contributed by atoms with Gasteiger partial charge in [0.05, 0.1) is 35.1 Å². The number of carboxylic acids is 1. The first-order valence-corrected chi connectivity index (χ1v) is 5.57. The molecule has 0 saturated carbocycles. The molecule has 0 amide bonds. The maximum absolute atomic E-state index is 11.4. The average Bonchev–Trinajstić information content (AvgIpc) is 2.88. The van der Waals surface area contributed by atoms with E-state index in [2.05, 4.69) is 9.84 Å². The Balaban J connectivity index is 2.48. The van der Waals surface area contributed by atoms with Gasteiger partial charge in [-0.15, -0.1) is 0 Å². The van der Waals surface area contributed by atoms with Crippen LogP contribution in [0.25, 0.3) is 5.69 Å². The fourth-order valence-electron chi connectivity index (χ4n) is 1.50. The van der Waals surface area contributed by atoms with Crippen LogP contribution in [0.1, 0.15) is 20.7 Å². The number of carbonyl (C=O) groups is 2. The highest BCUT2D eigenvalue weighted by Crippen LogP contribution is 2.22. The van der Waals surface area contributed by atoms with Crippen molar-refractivity contribution in [3.8, 4) is 5.69 Å². The summed E-state index contributed by atoms with van der Waals surface area (Å²) in [6, 6.07) is 4.51. The lowest BCUT2D eigenvalue weighted by Gasteiger charge is -2.06. The Labute approximate surface area is 113 Å². The SMILES string of the molecule is COC(=O)c1ccc(Cl)c(-n2cc(C(=O)O)cn2)c1. The molecule has 1 N–H and O–H groups in total. The van der Waals surface area contributed by atoms with E-state index in [9.17, 15) is 9.59 Å². The number of carbonyl (C=O) groups excluding carboxylic acids is 1. The minimum absolute atomic E-state index is 0.0273. The molecule has 0 aliphatic rings. The Hall–Kier alpha value is -2.34. The summed E-state index contributed by atoms with van der Waals surface area (Å²) in [5, 5.41) is 13.1. The first kappa shape index (κ1) is 13.1. The second kappa shape index (κ2) is 5.11. The van der Waals surface area contributed by atoms with E-state index in [-0.39, 0.29) is 5.56 Å². The molecule has 0 aliphatic carbocycles. The van der Waals surface area contributed by atoms with Gasteiger partial charge in [0.25, 0.3) is 0 Å². The topological polar surface area (TPSA) is 81.4 Å². The number of carboxylic acid groups (broad SMARTS) is 1. The van der Waals surface area contributed by atoms with Crippen molar-refractivity contribution in [3.05, 3.63) is 46.7 Å². The monoisotopic (exact) mass is 280 g/mol. The lowest BCUT2D eigenvalue weighted by Crippen LogP contribution is -2.04. The number of nitrogens with zero attached hydrogens (tertiary/aromatic N) is 2. The van der Waals surface area contributed by atoms with E-state index in [1.165, 1.54) is 42.4 Å². The van der Waals surface area contributed by atoms with Crippen molar-refractivity contribution in [3.63, 3.8) is 0 Å². The van der Waals surface area contributed by atoms with E-state index in [1.54, 1.807) is 0 Å². The lowest BCUT2D eigenvalue weighted by atomic mass is 10.2. The van der Waals surface area contributed by atoms with Crippen LogP contribution >= 0.6 is 11.6 Å². The maximum atomic E-state index is 11.4. The molecule has 2 rings (SSSR count). The highest BCUT2D eigenvalue weighted by Gasteiger charge is 2.13. The summed E-state index contributed by atoms with van der Waals surface area (Å²) in [5.74, 6) is -1.60. The molecule has 7 heteroatoms. The first-order valence-electron chi connectivity index (χ1n) is 5.19. The molecule has 0 radical (unpaired) electrons. The van der Waals surface area contributed by atoms with Gasteiger partial charge in [0, 0.05) is 6.20 Å². The zero-order chi connectivity index (χ0) is 14.0. The molecule has 0 unspecified atom stereocenters. The van der Waals surface area contributed by atoms with Crippen molar-refractivity contribution in [1.82, 2.24) is 9.78 Å². The third kappa shape index (κ3) is 2.58. The summed E-state index contributed by atoms with van der Waals surface area (Å²) >= 11 is 6.01. The van der Waals surface area contributed by atoms with Crippen LogP contribution in [0.4, 0.5) is 0 Å². The minimum atomic E-state index is -1.09. The molecule has 1 aromatic heterocycles. The number of ether oxygens (including phenoxy) is 1. The lowest BCUT2D eigenvalue weighted by molar-refractivity contribution is 0.0599. The molecule has 0 fully saturated rings. The van der Waals surface area contributed by atoms with Gasteiger partial charge in [0.2, 0.25) is 0 Å². The number of halogens is 1. The molecule has 0 saturated heterocycles. The van der Waals surface area contributed by atoms with Crippen LogP contribution < -0.4 is 0 Å². The number of hydrogen-bond acceptors (Lipinski definition) is 4. The molecule has 0 aliphatic heterocycles.